The summed E-state index contributed by atoms with van der Waals surface area (Å²) < 4.78 is 0. The van der Waals surface area contributed by atoms with Gasteiger partial charge in [-0.15, -0.1) is 5.73 Å². The molecular formula is C47H50. The van der Waals surface area contributed by atoms with Crippen LogP contribution in [0.2, 0.25) is 0 Å². The normalized spacial score (nSPS) is 24.1. The first-order valence-corrected chi connectivity index (χ1v) is 17.9. The minimum Gasteiger partial charge on any atom is -0.116 e. The number of benzene rings is 3. The Balaban J connectivity index is 1.60. The maximum absolute atomic E-state index is 3.79. The van der Waals surface area contributed by atoms with Crippen molar-refractivity contribution in [2.45, 2.75) is 97.3 Å². The van der Waals surface area contributed by atoms with E-state index >= 15 is 0 Å². The van der Waals surface area contributed by atoms with Crippen LogP contribution in [0, 0.1) is 16.7 Å². The van der Waals surface area contributed by atoms with Crippen molar-refractivity contribution in [3.8, 4) is 0 Å². The van der Waals surface area contributed by atoms with E-state index in [1.165, 1.54) is 69.5 Å². The zero-order valence-corrected chi connectivity index (χ0v) is 29.7. The number of allylic oxidation sites excluding steroid dienone is 7. The zero-order chi connectivity index (χ0) is 33.0. The van der Waals surface area contributed by atoms with Crippen LogP contribution in [0.15, 0.2) is 126 Å². The lowest BCUT2D eigenvalue weighted by Crippen LogP contribution is -2.41. The molecule has 5 aliphatic rings. The summed E-state index contributed by atoms with van der Waals surface area (Å²) in [5, 5.41) is 2.87. The Kier molecular flexibility index (Phi) is 6.53. The molecule has 0 spiro atoms. The minimum atomic E-state index is -0.507. The van der Waals surface area contributed by atoms with Gasteiger partial charge < -0.3 is 0 Å². The second-order valence-corrected chi connectivity index (χ2v) is 17.5. The van der Waals surface area contributed by atoms with E-state index in [-0.39, 0.29) is 27.6 Å². The zero-order valence-electron chi connectivity index (χ0n) is 29.7. The summed E-state index contributed by atoms with van der Waals surface area (Å²) in [6.07, 6.45) is 16.8. The molecule has 0 aromatic heterocycles. The van der Waals surface area contributed by atoms with E-state index in [0.29, 0.717) is 0 Å². The molecule has 0 N–H and O–H groups in total. The first-order valence-electron chi connectivity index (χ1n) is 17.9. The number of rotatable bonds is 4. The third-order valence-corrected chi connectivity index (χ3v) is 12.8. The topological polar surface area (TPSA) is 0 Å². The van der Waals surface area contributed by atoms with Gasteiger partial charge in [-0.05, 0) is 114 Å². The molecule has 0 radical (unpaired) electrons. The van der Waals surface area contributed by atoms with Gasteiger partial charge in [-0.3, -0.25) is 0 Å². The van der Waals surface area contributed by atoms with Crippen molar-refractivity contribution in [3.63, 3.8) is 0 Å². The summed E-state index contributed by atoms with van der Waals surface area (Å²) in [6, 6.07) is 27.9. The van der Waals surface area contributed by atoms with Gasteiger partial charge in [0.15, 0.2) is 0 Å². The highest BCUT2D eigenvalue weighted by molar-refractivity contribution is 5.91. The molecule has 0 amide bonds. The van der Waals surface area contributed by atoms with E-state index in [9.17, 15) is 0 Å². The predicted molar refractivity (Wildman–Crippen MR) is 199 cm³/mol. The Labute approximate surface area is 282 Å². The largest absolute Gasteiger partial charge is 0.116 e. The van der Waals surface area contributed by atoms with Crippen molar-refractivity contribution in [2.24, 2.45) is 16.7 Å². The van der Waals surface area contributed by atoms with Crippen molar-refractivity contribution in [3.05, 3.63) is 158 Å². The first-order chi connectivity index (χ1) is 22.3. The molecule has 238 valence electrons. The van der Waals surface area contributed by atoms with Gasteiger partial charge in [-0.2, -0.15) is 0 Å². The van der Waals surface area contributed by atoms with Crippen LogP contribution in [-0.4, -0.2) is 0 Å². The Bertz CT molecular complexity index is 2050. The van der Waals surface area contributed by atoms with Crippen LogP contribution in [0.25, 0.3) is 11.1 Å². The van der Waals surface area contributed by atoms with E-state index in [2.05, 4.69) is 164 Å². The maximum atomic E-state index is 3.79. The van der Waals surface area contributed by atoms with Crippen LogP contribution in [0.4, 0.5) is 0 Å². The lowest BCUT2D eigenvalue weighted by molar-refractivity contribution is 0.258. The van der Waals surface area contributed by atoms with Gasteiger partial charge in [0.1, 0.15) is 0 Å². The quantitative estimate of drug-likeness (QED) is 0.257. The van der Waals surface area contributed by atoms with Crippen molar-refractivity contribution >= 4 is 11.1 Å². The maximum Gasteiger partial charge on any atom is 0.0752 e. The van der Waals surface area contributed by atoms with Crippen LogP contribution < -0.4 is 10.4 Å². The van der Waals surface area contributed by atoms with Gasteiger partial charge in [-0.25, -0.2) is 0 Å². The molecule has 3 aromatic carbocycles. The molecule has 3 aromatic rings. The molecular weight excluding hydrogens is 565 g/mol. The second kappa shape index (κ2) is 10.1. The van der Waals surface area contributed by atoms with Crippen molar-refractivity contribution in [1.82, 2.24) is 0 Å². The van der Waals surface area contributed by atoms with E-state index < -0.39 is 5.41 Å². The first kappa shape index (κ1) is 30.5. The van der Waals surface area contributed by atoms with Crippen molar-refractivity contribution < 1.29 is 0 Å². The molecule has 8 rings (SSSR count). The van der Waals surface area contributed by atoms with Gasteiger partial charge in [0, 0.05) is 11.5 Å². The molecule has 47 heavy (non-hydrogen) atoms. The number of hydrogen-bond acceptors (Lipinski definition) is 0. The lowest BCUT2D eigenvalue weighted by atomic mass is 9.56. The minimum absolute atomic E-state index is 0.118. The standard InChI is InChI=1S/C47H50/c1-43(2)23-25-45(5,6)40-29-36-34(27-38(40)43)35-28-39-41(46(7,8)26-24-44(39,3)4)30-37(35)42(36)47(33-21-15-16-22-33,31-17-11-9-12-18-31)32-19-13-10-14-20-32/h9-21,27-30,36H,23-26H2,1-8H3. The highest BCUT2D eigenvalue weighted by atomic mass is 14.5. The summed E-state index contributed by atoms with van der Waals surface area (Å²) in [6.45, 7) is 19.8. The smallest absolute Gasteiger partial charge is 0.0752 e. The predicted octanol–water partition coefficient (Wildman–Crippen LogP) is 10.3. The number of hydrogen-bond donors (Lipinski definition) is 0. The Morgan fingerprint density at radius 2 is 1.13 bits per heavy atom. The van der Waals surface area contributed by atoms with Gasteiger partial charge in [-0.1, -0.05) is 146 Å². The molecule has 5 aliphatic carbocycles. The van der Waals surface area contributed by atoms with E-state index in [0.717, 1.165) is 0 Å². The fraction of sp³-hybridized carbons (Fsp3) is 0.383. The van der Waals surface area contributed by atoms with Crippen LogP contribution in [0.5, 0.6) is 0 Å². The Hall–Kier alpha value is -3.86. The van der Waals surface area contributed by atoms with Crippen LogP contribution in [0.1, 0.15) is 103 Å². The summed E-state index contributed by atoms with van der Waals surface area (Å²) in [5.41, 5.74) is 16.8. The highest BCUT2D eigenvalue weighted by Crippen LogP contribution is 2.59. The Morgan fingerprint density at radius 3 is 1.66 bits per heavy atom. The van der Waals surface area contributed by atoms with E-state index in [4.69, 9.17) is 0 Å². The second-order valence-electron chi connectivity index (χ2n) is 17.5. The monoisotopic (exact) mass is 614 g/mol. The van der Waals surface area contributed by atoms with Gasteiger partial charge in [0.25, 0.3) is 0 Å². The van der Waals surface area contributed by atoms with Crippen LogP contribution in [0.3, 0.4) is 0 Å². The molecule has 0 bridgehead atoms. The molecule has 0 heterocycles. The molecule has 0 heteroatoms. The summed E-state index contributed by atoms with van der Waals surface area (Å²) >= 11 is 0. The van der Waals surface area contributed by atoms with Crippen LogP contribution >= 0.6 is 0 Å². The van der Waals surface area contributed by atoms with Crippen LogP contribution in [-0.2, 0) is 16.2 Å². The fourth-order valence-corrected chi connectivity index (χ4v) is 9.75. The third kappa shape index (κ3) is 4.34. The van der Waals surface area contributed by atoms with Gasteiger partial charge >= 0.3 is 0 Å². The average molecular weight is 615 g/mol. The van der Waals surface area contributed by atoms with E-state index in [1.54, 1.807) is 16.7 Å². The van der Waals surface area contributed by atoms with Crippen molar-refractivity contribution in [2.75, 3.05) is 0 Å². The summed E-state index contributed by atoms with van der Waals surface area (Å²) in [7, 11) is 0. The highest BCUT2D eigenvalue weighted by Gasteiger charge is 2.50. The Morgan fingerprint density at radius 1 is 0.617 bits per heavy atom. The average Bonchev–Trinajstić information content (AvgIpc) is 3.70. The third-order valence-electron chi connectivity index (χ3n) is 12.8. The summed E-state index contributed by atoms with van der Waals surface area (Å²) in [5.74, 6) is 0.163. The molecule has 0 nitrogen and oxygen atoms in total. The molecule has 1 saturated carbocycles. The molecule has 1 atom stereocenters. The summed E-state index contributed by atoms with van der Waals surface area (Å²) in [4.78, 5) is 0. The molecule has 1 unspecified atom stereocenters. The van der Waals surface area contributed by atoms with E-state index in [1.807, 2.05) is 0 Å². The van der Waals surface area contributed by atoms with Crippen molar-refractivity contribution in [1.29, 1.82) is 0 Å². The molecule has 0 saturated heterocycles. The molecule has 1 fully saturated rings. The number of fused-ring (bicyclic) bond motifs is 4. The molecule has 0 aliphatic heterocycles. The van der Waals surface area contributed by atoms with Gasteiger partial charge in [0.05, 0.1) is 5.41 Å². The lowest BCUT2D eigenvalue weighted by Gasteiger charge is -2.48. The fourth-order valence-electron chi connectivity index (χ4n) is 9.75. The van der Waals surface area contributed by atoms with Gasteiger partial charge in [0.2, 0.25) is 0 Å². The SMILES string of the molecule is CC1(C)CCC(C)(C)C2=CC3C(=c4cc5c(cc4=C3C(C3=C=CC=C3)(c3ccccc3)c3ccccc3)C(C)(C)CCC5(C)C)C=C21.